The minimum Gasteiger partial charge on any atom is -0.386 e. The Hall–Kier alpha value is -0.420. The molecule has 0 aromatic heterocycles. The third kappa shape index (κ3) is 1.50. The lowest BCUT2D eigenvalue weighted by atomic mass is 9.97. The first-order chi connectivity index (χ1) is 5.99. The predicted molar refractivity (Wildman–Crippen MR) is 45.0 cm³/mol. The van der Waals surface area contributed by atoms with Crippen molar-refractivity contribution in [2.45, 2.75) is 44.1 Å². The fourth-order valence-electron chi connectivity index (χ4n) is 1.79. The Kier molecular flexibility index (Phi) is 1.96. The van der Waals surface area contributed by atoms with Gasteiger partial charge in [0.15, 0.2) is 5.79 Å². The summed E-state index contributed by atoms with van der Waals surface area (Å²) in [6.45, 7) is 3.54. The molecule has 1 heterocycles. The van der Waals surface area contributed by atoms with Crippen molar-refractivity contribution < 1.29 is 19.7 Å². The van der Waals surface area contributed by atoms with Gasteiger partial charge in [0.1, 0.15) is 24.4 Å². The van der Waals surface area contributed by atoms with Gasteiger partial charge in [0.05, 0.1) is 0 Å². The monoisotopic (exact) mass is 186 g/mol. The van der Waals surface area contributed by atoms with E-state index in [2.05, 4.69) is 0 Å². The van der Waals surface area contributed by atoms with Gasteiger partial charge in [0, 0.05) is 0 Å². The number of aliphatic hydroxyl groups is 2. The fourth-order valence-corrected chi connectivity index (χ4v) is 1.79. The van der Waals surface area contributed by atoms with Crippen LogP contribution in [0.15, 0.2) is 12.2 Å². The Morgan fingerprint density at radius 2 is 1.38 bits per heavy atom. The molecule has 13 heavy (non-hydrogen) atoms. The molecule has 0 amide bonds. The maximum absolute atomic E-state index is 9.53. The Balaban J connectivity index is 2.21. The van der Waals surface area contributed by atoms with Crippen LogP contribution in [0.4, 0.5) is 0 Å². The minimum atomic E-state index is -0.719. The van der Waals surface area contributed by atoms with E-state index in [1.165, 1.54) is 12.2 Å². The summed E-state index contributed by atoms with van der Waals surface area (Å²) in [7, 11) is 0. The first kappa shape index (κ1) is 9.15. The smallest absolute Gasteiger partial charge is 0.164 e. The van der Waals surface area contributed by atoms with E-state index in [1.807, 2.05) is 0 Å². The van der Waals surface area contributed by atoms with E-state index in [-0.39, 0.29) is 0 Å². The average Bonchev–Trinajstić information content (AvgIpc) is 2.35. The molecule has 1 fully saturated rings. The third-order valence-corrected chi connectivity index (χ3v) is 2.34. The van der Waals surface area contributed by atoms with Gasteiger partial charge in [-0.05, 0) is 13.8 Å². The SMILES string of the molecule is CC1(C)OC2C(O)C=CC(O)C2O1. The van der Waals surface area contributed by atoms with E-state index in [9.17, 15) is 10.2 Å². The van der Waals surface area contributed by atoms with Gasteiger partial charge in [0.25, 0.3) is 0 Å². The summed E-state index contributed by atoms with van der Waals surface area (Å²) in [6.07, 6.45) is 0.808. The van der Waals surface area contributed by atoms with Crippen molar-refractivity contribution in [3.63, 3.8) is 0 Å². The number of hydrogen-bond acceptors (Lipinski definition) is 4. The van der Waals surface area contributed by atoms with Crippen LogP contribution in [0.2, 0.25) is 0 Å². The lowest BCUT2D eigenvalue weighted by Crippen LogP contribution is -2.44. The van der Waals surface area contributed by atoms with Crippen LogP contribution in [0.5, 0.6) is 0 Å². The molecule has 2 aliphatic rings. The molecule has 1 aliphatic heterocycles. The highest BCUT2D eigenvalue weighted by Crippen LogP contribution is 2.34. The van der Waals surface area contributed by atoms with Crippen LogP contribution < -0.4 is 0 Å². The molecule has 2 rings (SSSR count). The van der Waals surface area contributed by atoms with Crippen molar-refractivity contribution in [2.24, 2.45) is 0 Å². The first-order valence-corrected chi connectivity index (χ1v) is 4.40. The van der Waals surface area contributed by atoms with Crippen molar-refractivity contribution in [1.82, 2.24) is 0 Å². The van der Waals surface area contributed by atoms with Gasteiger partial charge in [-0.15, -0.1) is 0 Å². The summed E-state index contributed by atoms with van der Waals surface area (Å²) in [5.74, 6) is -0.719. The third-order valence-electron chi connectivity index (χ3n) is 2.34. The quantitative estimate of drug-likeness (QED) is 0.514. The molecule has 4 heteroatoms. The fraction of sp³-hybridized carbons (Fsp3) is 0.778. The number of hydrogen-bond donors (Lipinski definition) is 2. The molecule has 4 atom stereocenters. The molecule has 0 aromatic carbocycles. The van der Waals surface area contributed by atoms with E-state index < -0.39 is 30.2 Å². The molecule has 0 saturated carbocycles. The van der Waals surface area contributed by atoms with Crippen molar-refractivity contribution in [1.29, 1.82) is 0 Å². The maximum Gasteiger partial charge on any atom is 0.164 e. The highest BCUT2D eigenvalue weighted by molar-refractivity contribution is 5.10. The van der Waals surface area contributed by atoms with Gasteiger partial charge in [-0.25, -0.2) is 0 Å². The van der Waals surface area contributed by atoms with E-state index >= 15 is 0 Å². The van der Waals surface area contributed by atoms with Crippen LogP contribution in [0.3, 0.4) is 0 Å². The molecule has 0 radical (unpaired) electrons. The van der Waals surface area contributed by atoms with Crippen LogP contribution in [0.1, 0.15) is 13.8 Å². The number of aliphatic hydroxyl groups excluding tert-OH is 2. The lowest BCUT2D eigenvalue weighted by molar-refractivity contribution is -0.155. The Morgan fingerprint density at radius 1 is 1.00 bits per heavy atom. The molecule has 0 aromatic rings. The van der Waals surface area contributed by atoms with Gasteiger partial charge >= 0.3 is 0 Å². The molecule has 2 N–H and O–H groups in total. The van der Waals surface area contributed by atoms with Gasteiger partial charge < -0.3 is 19.7 Å². The largest absolute Gasteiger partial charge is 0.386 e. The summed E-state index contributed by atoms with van der Waals surface area (Å²) >= 11 is 0. The zero-order valence-corrected chi connectivity index (χ0v) is 7.68. The second-order valence-electron chi connectivity index (χ2n) is 3.93. The lowest BCUT2D eigenvalue weighted by Gasteiger charge is -2.26. The zero-order chi connectivity index (χ0) is 9.64. The molecule has 4 unspecified atom stereocenters. The molecular weight excluding hydrogens is 172 g/mol. The average molecular weight is 186 g/mol. The van der Waals surface area contributed by atoms with E-state index in [4.69, 9.17) is 9.47 Å². The van der Waals surface area contributed by atoms with Gasteiger partial charge in [-0.3, -0.25) is 0 Å². The zero-order valence-electron chi connectivity index (χ0n) is 7.68. The van der Waals surface area contributed by atoms with Crippen LogP contribution in [0.25, 0.3) is 0 Å². The summed E-state index contributed by atoms with van der Waals surface area (Å²) < 4.78 is 10.9. The highest BCUT2D eigenvalue weighted by atomic mass is 16.8. The van der Waals surface area contributed by atoms with E-state index in [0.29, 0.717) is 0 Å². The summed E-state index contributed by atoms with van der Waals surface area (Å²) in [5, 5.41) is 19.1. The van der Waals surface area contributed by atoms with E-state index in [1.54, 1.807) is 13.8 Å². The molecule has 1 aliphatic carbocycles. The topological polar surface area (TPSA) is 58.9 Å². The highest BCUT2D eigenvalue weighted by Gasteiger charge is 2.48. The van der Waals surface area contributed by atoms with Gasteiger partial charge in [-0.2, -0.15) is 0 Å². The first-order valence-electron chi connectivity index (χ1n) is 4.40. The van der Waals surface area contributed by atoms with Crippen molar-refractivity contribution in [2.75, 3.05) is 0 Å². The molecular formula is C9H14O4. The second kappa shape index (κ2) is 2.78. The number of ether oxygens (including phenoxy) is 2. The molecule has 1 saturated heterocycles. The summed E-state index contributed by atoms with van der Waals surface area (Å²) in [6, 6.07) is 0. The van der Waals surface area contributed by atoms with Crippen molar-refractivity contribution in [3.05, 3.63) is 12.2 Å². The van der Waals surface area contributed by atoms with Crippen molar-refractivity contribution >= 4 is 0 Å². The van der Waals surface area contributed by atoms with Crippen LogP contribution in [-0.4, -0.2) is 40.4 Å². The van der Waals surface area contributed by atoms with Crippen LogP contribution in [0, 0.1) is 0 Å². The van der Waals surface area contributed by atoms with Crippen LogP contribution in [-0.2, 0) is 9.47 Å². The summed E-state index contributed by atoms with van der Waals surface area (Å²) in [5.41, 5.74) is 0. The predicted octanol–water partition coefficient (Wildman–Crippen LogP) is -0.202. The molecule has 4 nitrogen and oxygen atoms in total. The Morgan fingerprint density at radius 3 is 1.77 bits per heavy atom. The molecule has 74 valence electrons. The molecule has 0 bridgehead atoms. The van der Waals surface area contributed by atoms with Gasteiger partial charge in [-0.1, -0.05) is 12.2 Å². The van der Waals surface area contributed by atoms with Crippen LogP contribution >= 0.6 is 0 Å². The number of fused-ring (bicyclic) bond motifs is 1. The summed E-state index contributed by atoms with van der Waals surface area (Å²) in [4.78, 5) is 0. The normalized spacial score (nSPS) is 47.7. The Bertz CT molecular complexity index is 214. The second-order valence-corrected chi connectivity index (χ2v) is 3.93. The number of rotatable bonds is 0. The molecule has 0 spiro atoms. The standard InChI is InChI=1S/C9H14O4/c1-9(2)12-7-5(10)3-4-6(11)8(7)13-9/h3-8,10-11H,1-2H3. The van der Waals surface area contributed by atoms with E-state index in [0.717, 1.165) is 0 Å². The Labute approximate surface area is 76.8 Å². The van der Waals surface area contributed by atoms with Crippen molar-refractivity contribution in [3.8, 4) is 0 Å². The minimum absolute atomic E-state index is 0.449. The maximum atomic E-state index is 9.53. The van der Waals surface area contributed by atoms with Gasteiger partial charge in [0.2, 0.25) is 0 Å².